The zero-order valence-electron chi connectivity index (χ0n) is 21.8. The zero-order chi connectivity index (χ0) is 26.8. The highest BCUT2D eigenvalue weighted by Gasteiger charge is 2.23. The van der Waals surface area contributed by atoms with Crippen LogP contribution in [0.5, 0.6) is 11.5 Å². The average Bonchev–Trinajstić information content (AvgIpc) is 3.54. The second kappa shape index (κ2) is 11.1. The smallest absolute Gasteiger partial charge is 0.270 e. The molecular weight excluding hydrogens is 514 g/mol. The van der Waals surface area contributed by atoms with Crippen molar-refractivity contribution in [2.75, 3.05) is 38.4 Å². The summed E-state index contributed by atoms with van der Waals surface area (Å²) in [7, 11) is 0. The number of aromatic nitrogens is 2. The quantitative estimate of drug-likeness (QED) is 0.356. The van der Waals surface area contributed by atoms with Gasteiger partial charge in [0.05, 0.1) is 5.69 Å². The van der Waals surface area contributed by atoms with Gasteiger partial charge >= 0.3 is 0 Å². The van der Waals surface area contributed by atoms with Crippen LogP contribution in [0.2, 0.25) is 5.02 Å². The highest BCUT2D eigenvalue weighted by atomic mass is 35.5. The first-order valence-corrected chi connectivity index (χ1v) is 13.4. The van der Waals surface area contributed by atoms with Gasteiger partial charge in [0.2, 0.25) is 6.79 Å². The summed E-state index contributed by atoms with van der Waals surface area (Å²) >= 11 is 6.19. The molecular formula is C30H30ClN5O3. The van der Waals surface area contributed by atoms with Crippen molar-refractivity contribution in [1.82, 2.24) is 19.5 Å². The molecule has 8 nitrogen and oxygen atoms in total. The molecule has 1 saturated heterocycles. The van der Waals surface area contributed by atoms with Crippen LogP contribution in [0.25, 0.3) is 11.3 Å². The van der Waals surface area contributed by atoms with E-state index in [-0.39, 0.29) is 5.91 Å². The van der Waals surface area contributed by atoms with Crippen LogP contribution < -0.4 is 14.9 Å². The number of halogens is 1. The number of rotatable bonds is 7. The van der Waals surface area contributed by atoms with E-state index >= 15 is 0 Å². The number of hydrogen-bond donors (Lipinski definition) is 1. The van der Waals surface area contributed by atoms with Crippen LogP contribution in [-0.4, -0.2) is 58.3 Å². The lowest BCUT2D eigenvalue weighted by Crippen LogP contribution is -2.45. The Hall–Kier alpha value is -3.85. The van der Waals surface area contributed by atoms with E-state index in [1.54, 1.807) is 24.5 Å². The van der Waals surface area contributed by atoms with E-state index in [0.717, 1.165) is 73.3 Å². The van der Waals surface area contributed by atoms with Gasteiger partial charge < -0.3 is 9.47 Å². The molecule has 1 fully saturated rings. The number of pyridine rings is 1. The second-order valence-corrected chi connectivity index (χ2v) is 10.4. The largest absolute Gasteiger partial charge is 0.454 e. The van der Waals surface area contributed by atoms with Gasteiger partial charge in [0.25, 0.3) is 5.91 Å². The third-order valence-corrected chi connectivity index (χ3v) is 7.49. The van der Waals surface area contributed by atoms with Crippen molar-refractivity contribution in [3.63, 3.8) is 0 Å². The molecule has 0 spiro atoms. The number of aryl methyl sites for hydroxylation is 1. The lowest BCUT2D eigenvalue weighted by atomic mass is 10.1. The normalized spacial score (nSPS) is 15.4. The number of carbonyl (C=O) groups is 1. The highest BCUT2D eigenvalue weighted by molar-refractivity contribution is 6.30. The van der Waals surface area contributed by atoms with Crippen molar-refractivity contribution < 1.29 is 14.3 Å². The summed E-state index contributed by atoms with van der Waals surface area (Å²) < 4.78 is 12.9. The van der Waals surface area contributed by atoms with Gasteiger partial charge in [-0.2, -0.15) is 0 Å². The lowest BCUT2D eigenvalue weighted by Gasteiger charge is -2.34. The molecule has 1 amide bonds. The molecule has 4 aromatic rings. The third-order valence-electron chi connectivity index (χ3n) is 7.24. The first-order chi connectivity index (χ1) is 19.0. The Morgan fingerprint density at radius 2 is 1.59 bits per heavy atom. The maximum absolute atomic E-state index is 13.0. The Morgan fingerprint density at radius 1 is 0.897 bits per heavy atom. The van der Waals surface area contributed by atoms with Crippen molar-refractivity contribution in [3.8, 4) is 22.8 Å². The first kappa shape index (κ1) is 25.4. The molecule has 0 atom stereocenters. The Balaban J connectivity index is 1.18. The molecule has 2 aromatic carbocycles. The molecule has 0 unspecified atom stereocenters. The average molecular weight is 544 g/mol. The third kappa shape index (κ3) is 5.63. The Morgan fingerprint density at radius 3 is 2.33 bits per heavy atom. The number of ether oxygens (including phenoxy) is 2. The topological polar surface area (TPSA) is 71.9 Å². The van der Waals surface area contributed by atoms with E-state index in [0.29, 0.717) is 17.4 Å². The minimum atomic E-state index is -0.185. The number of hydrogen-bond acceptors (Lipinski definition) is 6. The molecule has 2 aliphatic rings. The molecule has 0 saturated carbocycles. The van der Waals surface area contributed by atoms with Crippen LogP contribution in [0.3, 0.4) is 0 Å². The predicted octanol–water partition coefficient (Wildman–Crippen LogP) is 4.94. The van der Waals surface area contributed by atoms with Crippen LogP contribution in [0.1, 0.15) is 27.2 Å². The van der Waals surface area contributed by atoms with Gasteiger partial charge in [-0.1, -0.05) is 29.8 Å². The van der Waals surface area contributed by atoms with Crippen molar-refractivity contribution in [3.05, 3.63) is 100 Å². The van der Waals surface area contributed by atoms with Crippen LogP contribution in [0.15, 0.2) is 73.1 Å². The maximum atomic E-state index is 13.0. The van der Waals surface area contributed by atoms with Crippen molar-refractivity contribution in [2.24, 2.45) is 0 Å². The first-order valence-electron chi connectivity index (χ1n) is 13.1. The SMILES string of the molecule is Cc1cc(CN2CCN(Cc3ccc4c(c3)OCO4)CC2)c(-c2ccc(Cl)cc2)n1NC(=O)c1ccncc1. The van der Waals surface area contributed by atoms with Crippen LogP contribution in [0, 0.1) is 6.92 Å². The van der Waals surface area contributed by atoms with Crippen molar-refractivity contribution in [1.29, 1.82) is 0 Å². The number of nitrogens with zero attached hydrogens (tertiary/aromatic N) is 4. The molecule has 0 bridgehead atoms. The van der Waals surface area contributed by atoms with E-state index < -0.39 is 0 Å². The summed E-state index contributed by atoms with van der Waals surface area (Å²) in [6.07, 6.45) is 3.24. The van der Waals surface area contributed by atoms with E-state index in [2.05, 4.69) is 38.4 Å². The fourth-order valence-corrected chi connectivity index (χ4v) is 5.33. The number of piperazine rings is 1. The minimum absolute atomic E-state index is 0.185. The molecule has 200 valence electrons. The Bertz CT molecular complexity index is 1460. The second-order valence-electron chi connectivity index (χ2n) is 9.92. The van der Waals surface area contributed by atoms with Gasteiger partial charge in [-0.05, 0) is 60.5 Å². The lowest BCUT2D eigenvalue weighted by molar-refractivity contribution is 0.101. The molecule has 2 aromatic heterocycles. The summed E-state index contributed by atoms with van der Waals surface area (Å²) in [5.41, 5.74) is 8.96. The standard InChI is InChI=1S/C30H30ClN5O3/c1-21-16-25(19-35-14-12-34(13-15-35)18-22-2-7-27-28(17-22)39-20-38-27)29(23-3-5-26(31)6-4-23)36(21)33-30(37)24-8-10-32-11-9-24/h2-11,16-17H,12-15,18-20H2,1H3,(H,33,37). The van der Waals surface area contributed by atoms with Gasteiger partial charge in [-0.3, -0.25) is 29.7 Å². The van der Waals surface area contributed by atoms with Crippen molar-refractivity contribution >= 4 is 17.5 Å². The number of amides is 1. The molecule has 0 radical (unpaired) electrons. The van der Waals surface area contributed by atoms with E-state index in [1.165, 1.54) is 5.56 Å². The predicted molar refractivity (Wildman–Crippen MR) is 151 cm³/mol. The molecule has 0 aliphatic carbocycles. The number of nitrogens with one attached hydrogen (secondary N) is 1. The van der Waals surface area contributed by atoms with Gasteiger partial charge in [-0.15, -0.1) is 0 Å². The van der Waals surface area contributed by atoms with Gasteiger partial charge in [0.15, 0.2) is 11.5 Å². The molecule has 9 heteroatoms. The number of fused-ring (bicyclic) bond motifs is 1. The number of benzene rings is 2. The Kier molecular flexibility index (Phi) is 7.24. The molecule has 2 aliphatic heterocycles. The maximum Gasteiger partial charge on any atom is 0.270 e. The molecule has 39 heavy (non-hydrogen) atoms. The zero-order valence-corrected chi connectivity index (χ0v) is 22.5. The number of carbonyl (C=O) groups excluding carboxylic acids is 1. The van der Waals surface area contributed by atoms with Crippen LogP contribution in [-0.2, 0) is 13.1 Å². The summed E-state index contributed by atoms with van der Waals surface area (Å²) in [5, 5.41) is 0.675. The molecule has 1 N–H and O–H groups in total. The van der Waals surface area contributed by atoms with Crippen molar-refractivity contribution in [2.45, 2.75) is 20.0 Å². The summed E-state index contributed by atoms with van der Waals surface area (Å²) in [4.78, 5) is 22.0. The summed E-state index contributed by atoms with van der Waals surface area (Å²) in [6.45, 7) is 7.85. The van der Waals surface area contributed by atoms with Crippen LogP contribution in [0.4, 0.5) is 0 Å². The van der Waals surface area contributed by atoms with Crippen LogP contribution >= 0.6 is 11.6 Å². The highest BCUT2D eigenvalue weighted by Crippen LogP contribution is 2.33. The molecule has 4 heterocycles. The summed E-state index contributed by atoms with van der Waals surface area (Å²) in [5.74, 6) is 1.46. The monoisotopic (exact) mass is 543 g/mol. The van der Waals surface area contributed by atoms with Gasteiger partial charge in [0, 0.05) is 73.5 Å². The van der Waals surface area contributed by atoms with E-state index in [4.69, 9.17) is 21.1 Å². The Labute approximate surface area is 232 Å². The fourth-order valence-electron chi connectivity index (χ4n) is 5.21. The van der Waals surface area contributed by atoms with E-state index in [9.17, 15) is 4.79 Å². The minimum Gasteiger partial charge on any atom is -0.454 e. The van der Waals surface area contributed by atoms with Gasteiger partial charge in [0.1, 0.15) is 0 Å². The van der Waals surface area contributed by atoms with Gasteiger partial charge in [-0.25, -0.2) is 0 Å². The molecule has 6 rings (SSSR count). The fraction of sp³-hybridized carbons (Fsp3) is 0.267. The van der Waals surface area contributed by atoms with E-state index in [1.807, 2.05) is 41.9 Å². The summed E-state index contributed by atoms with van der Waals surface area (Å²) in [6, 6.07) is 19.5.